The van der Waals surface area contributed by atoms with E-state index in [0.29, 0.717) is 0 Å². The first-order valence-corrected chi connectivity index (χ1v) is 4.76. The second kappa shape index (κ2) is 5.27. The third-order valence-electron chi connectivity index (χ3n) is 2.18. The van der Waals surface area contributed by atoms with Crippen molar-refractivity contribution < 1.29 is 22.0 Å². The van der Waals surface area contributed by atoms with Crippen LogP contribution in [-0.4, -0.2) is 4.98 Å². The van der Waals surface area contributed by atoms with Crippen molar-refractivity contribution in [3.05, 3.63) is 28.6 Å². The lowest BCUT2D eigenvalue weighted by molar-refractivity contribution is -0.142. The van der Waals surface area contributed by atoms with Crippen molar-refractivity contribution in [3.8, 4) is 6.07 Å². The standard InChI is InChI=1S/C10H8F5N3/c11-9(12)7-5(1-2-16)3-6(4-17)8(18-7)10(13,14)15/h3,9H,1,4,17H2. The maximum Gasteiger partial charge on any atom is 0.433 e. The normalized spacial score (nSPS) is 11.7. The number of pyridine rings is 1. The first-order valence-electron chi connectivity index (χ1n) is 4.76. The summed E-state index contributed by atoms with van der Waals surface area (Å²) < 4.78 is 62.9. The van der Waals surface area contributed by atoms with Gasteiger partial charge in [0.25, 0.3) is 6.43 Å². The van der Waals surface area contributed by atoms with Crippen LogP contribution in [0.2, 0.25) is 0 Å². The van der Waals surface area contributed by atoms with Crippen LogP contribution in [0.4, 0.5) is 22.0 Å². The van der Waals surface area contributed by atoms with Crippen LogP contribution in [0.3, 0.4) is 0 Å². The molecule has 1 aromatic heterocycles. The summed E-state index contributed by atoms with van der Waals surface area (Å²) in [4.78, 5) is 2.93. The maximum atomic E-state index is 12.6. The molecule has 18 heavy (non-hydrogen) atoms. The number of nitrogens with two attached hydrogens (primary N) is 1. The predicted octanol–water partition coefficient (Wildman–Crippen LogP) is 2.56. The lowest BCUT2D eigenvalue weighted by atomic mass is 10.0. The molecule has 0 amide bonds. The molecule has 0 atom stereocenters. The SMILES string of the molecule is N#CCc1cc(CN)c(C(F)(F)F)nc1C(F)F. The van der Waals surface area contributed by atoms with Gasteiger partial charge in [-0.25, -0.2) is 13.8 Å². The molecule has 1 rings (SSSR count). The Morgan fingerprint density at radius 2 is 1.94 bits per heavy atom. The lowest BCUT2D eigenvalue weighted by Gasteiger charge is -2.14. The highest BCUT2D eigenvalue weighted by molar-refractivity contribution is 5.34. The molecule has 0 unspecified atom stereocenters. The van der Waals surface area contributed by atoms with Crippen LogP contribution >= 0.6 is 0 Å². The van der Waals surface area contributed by atoms with E-state index in [-0.39, 0.29) is 5.56 Å². The monoisotopic (exact) mass is 265 g/mol. The first kappa shape index (κ1) is 14.3. The van der Waals surface area contributed by atoms with Crippen LogP contribution in [0.25, 0.3) is 0 Å². The largest absolute Gasteiger partial charge is 0.433 e. The Bertz CT molecular complexity index is 476. The van der Waals surface area contributed by atoms with Gasteiger partial charge < -0.3 is 5.73 Å². The zero-order valence-corrected chi connectivity index (χ0v) is 8.93. The minimum atomic E-state index is -4.86. The maximum absolute atomic E-state index is 12.6. The van der Waals surface area contributed by atoms with Crippen molar-refractivity contribution >= 4 is 0 Å². The Morgan fingerprint density at radius 1 is 1.33 bits per heavy atom. The van der Waals surface area contributed by atoms with Gasteiger partial charge in [-0.15, -0.1) is 0 Å². The Labute approximate surface area is 99.0 Å². The number of rotatable bonds is 3. The second-order valence-electron chi connectivity index (χ2n) is 3.38. The molecule has 0 saturated heterocycles. The smallest absolute Gasteiger partial charge is 0.326 e. The average Bonchev–Trinajstić information content (AvgIpc) is 2.27. The minimum absolute atomic E-state index is 0.235. The molecule has 1 heterocycles. The Hall–Kier alpha value is -1.75. The van der Waals surface area contributed by atoms with Gasteiger partial charge in [0.05, 0.1) is 12.5 Å². The van der Waals surface area contributed by atoms with Crippen LogP contribution in [0.5, 0.6) is 0 Å². The number of nitrogens with zero attached hydrogens (tertiary/aromatic N) is 2. The van der Waals surface area contributed by atoms with Crippen LogP contribution < -0.4 is 5.73 Å². The van der Waals surface area contributed by atoms with E-state index in [9.17, 15) is 22.0 Å². The fraction of sp³-hybridized carbons (Fsp3) is 0.400. The average molecular weight is 265 g/mol. The summed E-state index contributed by atoms with van der Waals surface area (Å²) in [5.41, 5.74) is 2.03. The van der Waals surface area contributed by atoms with Gasteiger partial charge in [0, 0.05) is 6.54 Å². The van der Waals surface area contributed by atoms with Gasteiger partial charge in [-0.2, -0.15) is 18.4 Å². The van der Waals surface area contributed by atoms with E-state index in [1.54, 1.807) is 6.07 Å². The number of alkyl halides is 5. The summed E-state index contributed by atoms with van der Waals surface area (Å²) in [6.07, 6.45) is -8.48. The molecule has 0 bridgehead atoms. The van der Waals surface area contributed by atoms with E-state index < -0.39 is 42.5 Å². The van der Waals surface area contributed by atoms with E-state index in [0.717, 1.165) is 6.07 Å². The zero-order valence-electron chi connectivity index (χ0n) is 8.93. The van der Waals surface area contributed by atoms with Crippen molar-refractivity contribution in [2.45, 2.75) is 25.6 Å². The van der Waals surface area contributed by atoms with Crippen LogP contribution in [0.1, 0.15) is 28.9 Å². The highest BCUT2D eigenvalue weighted by Gasteiger charge is 2.36. The fourth-order valence-corrected chi connectivity index (χ4v) is 1.43. The topological polar surface area (TPSA) is 62.7 Å². The molecule has 0 aliphatic carbocycles. The number of hydrogen-bond donors (Lipinski definition) is 1. The van der Waals surface area contributed by atoms with Crippen molar-refractivity contribution in [1.29, 1.82) is 5.26 Å². The van der Waals surface area contributed by atoms with Gasteiger partial charge in [0.1, 0.15) is 11.4 Å². The van der Waals surface area contributed by atoms with E-state index in [1.807, 2.05) is 0 Å². The minimum Gasteiger partial charge on any atom is -0.326 e. The van der Waals surface area contributed by atoms with Gasteiger partial charge in [-0.1, -0.05) is 0 Å². The third-order valence-corrected chi connectivity index (χ3v) is 2.18. The Morgan fingerprint density at radius 3 is 2.33 bits per heavy atom. The first-order chi connectivity index (χ1) is 8.31. The molecular formula is C10H8F5N3. The molecule has 0 radical (unpaired) electrons. The summed E-state index contributed by atoms with van der Waals surface area (Å²) in [7, 11) is 0. The molecule has 2 N–H and O–H groups in total. The van der Waals surface area contributed by atoms with Crippen molar-refractivity contribution in [3.63, 3.8) is 0 Å². The van der Waals surface area contributed by atoms with Crippen LogP contribution in [-0.2, 0) is 19.1 Å². The molecule has 98 valence electrons. The van der Waals surface area contributed by atoms with E-state index in [1.165, 1.54) is 0 Å². The molecule has 0 fully saturated rings. The lowest BCUT2D eigenvalue weighted by Crippen LogP contribution is -2.17. The number of hydrogen-bond acceptors (Lipinski definition) is 3. The van der Waals surface area contributed by atoms with E-state index >= 15 is 0 Å². The summed E-state index contributed by atoms with van der Waals surface area (Å²) in [5.74, 6) is 0. The summed E-state index contributed by atoms with van der Waals surface area (Å²) >= 11 is 0. The number of aromatic nitrogens is 1. The van der Waals surface area contributed by atoms with Gasteiger partial charge in [0.2, 0.25) is 0 Å². The Balaban J connectivity index is 3.47. The van der Waals surface area contributed by atoms with Crippen LogP contribution in [0, 0.1) is 11.3 Å². The molecule has 0 aromatic carbocycles. The quantitative estimate of drug-likeness (QED) is 0.854. The molecule has 1 aromatic rings. The van der Waals surface area contributed by atoms with Crippen molar-refractivity contribution in [1.82, 2.24) is 4.98 Å². The van der Waals surface area contributed by atoms with Gasteiger partial charge in [-0.05, 0) is 17.2 Å². The number of nitriles is 1. The molecule has 0 spiro atoms. The van der Waals surface area contributed by atoms with E-state index in [2.05, 4.69) is 4.98 Å². The summed E-state index contributed by atoms with van der Waals surface area (Å²) in [5, 5.41) is 8.44. The molecule has 0 aliphatic rings. The Kier molecular flexibility index (Phi) is 4.19. The van der Waals surface area contributed by atoms with Gasteiger partial charge in [0.15, 0.2) is 0 Å². The van der Waals surface area contributed by atoms with Crippen LogP contribution in [0.15, 0.2) is 6.07 Å². The third kappa shape index (κ3) is 2.92. The van der Waals surface area contributed by atoms with Crippen molar-refractivity contribution in [2.75, 3.05) is 0 Å². The molecular weight excluding hydrogens is 257 g/mol. The summed E-state index contributed by atoms with van der Waals surface area (Å²) in [6, 6.07) is 2.46. The van der Waals surface area contributed by atoms with Crippen molar-refractivity contribution in [2.24, 2.45) is 5.73 Å². The fourth-order valence-electron chi connectivity index (χ4n) is 1.43. The van der Waals surface area contributed by atoms with Gasteiger partial charge in [-0.3, -0.25) is 0 Å². The predicted molar refractivity (Wildman–Crippen MR) is 51.4 cm³/mol. The zero-order chi connectivity index (χ0) is 13.9. The molecule has 8 heteroatoms. The van der Waals surface area contributed by atoms with Gasteiger partial charge >= 0.3 is 6.18 Å². The second-order valence-corrected chi connectivity index (χ2v) is 3.38. The number of halogens is 5. The highest BCUT2D eigenvalue weighted by atomic mass is 19.4. The van der Waals surface area contributed by atoms with E-state index in [4.69, 9.17) is 11.0 Å². The molecule has 3 nitrogen and oxygen atoms in total. The highest BCUT2D eigenvalue weighted by Crippen LogP contribution is 2.33. The molecule has 0 aliphatic heterocycles. The summed E-state index contributed by atoms with van der Waals surface area (Å²) in [6.45, 7) is -0.496. The molecule has 0 saturated carbocycles.